The second-order valence-corrected chi connectivity index (χ2v) is 5.34. The molecular weight excluding hydrogens is 288 g/mol. The van der Waals surface area contributed by atoms with Gasteiger partial charge in [0.25, 0.3) is 0 Å². The molecule has 0 aliphatic carbocycles. The molecule has 2 aromatic carbocycles. The zero-order valence-corrected chi connectivity index (χ0v) is 13.6. The van der Waals surface area contributed by atoms with Crippen molar-refractivity contribution in [1.82, 2.24) is 0 Å². The summed E-state index contributed by atoms with van der Waals surface area (Å²) in [6, 6.07) is 13.4. The van der Waals surface area contributed by atoms with Crippen LogP contribution < -0.4 is 15.4 Å². The molecule has 4 nitrogen and oxygen atoms in total. The van der Waals surface area contributed by atoms with Gasteiger partial charge in [0.1, 0.15) is 12.4 Å². The Morgan fingerprint density at radius 3 is 2.61 bits per heavy atom. The van der Waals surface area contributed by atoms with Gasteiger partial charge in [-0.2, -0.15) is 0 Å². The number of carbonyl (C=O) groups is 1. The summed E-state index contributed by atoms with van der Waals surface area (Å²) < 4.78 is 5.40. The number of anilines is 2. The normalized spacial score (nSPS) is 10.0. The number of carbonyl (C=O) groups excluding carboxylic acids is 1. The third kappa shape index (κ3) is 5.18. The number of benzene rings is 2. The molecule has 2 aromatic rings. The maximum Gasteiger partial charge on any atom is 0.243 e. The predicted molar refractivity (Wildman–Crippen MR) is 95.2 cm³/mol. The van der Waals surface area contributed by atoms with E-state index < -0.39 is 0 Å². The van der Waals surface area contributed by atoms with Crippen LogP contribution in [0.1, 0.15) is 11.1 Å². The van der Waals surface area contributed by atoms with Gasteiger partial charge in [-0.05, 0) is 55.3 Å². The van der Waals surface area contributed by atoms with Crippen LogP contribution in [0.5, 0.6) is 5.75 Å². The maximum atomic E-state index is 12.0. The van der Waals surface area contributed by atoms with E-state index in [0.29, 0.717) is 6.61 Å². The van der Waals surface area contributed by atoms with Crippen molar-refractivity contribution in [3.05, 3.63) is 66.2 Å². The Balaban J connectivity index is 1.87. The summed E-state index contributed by atoms with van der Waals surface area (Å²) in [5.74, 6) is 0.655. The van der Waals surface area contributed by atoms with Crippen LogP contribution in [0.3, 0.4) is 0 Å². The first-order valence-electron chi connectivity index (χ1n) is 7.53. The summed E-state index contributed by atoms with van der Waals surface area (Å²) in [7, 11) is 0. The zero-order valence-electron chi connectivity index (χ0n) is 13.6. The molecule has 1 amide bonds. The SMILES string of the molecule is C=CCOc1ccc(NC(=O)CNc2cc(C)ccc2C)cc1. The fourth-order valence-corrected chi connectivity index (χ4v) is 2.10. The Morgan fingerprint density at radius 2 is 1.91 bits per heavy atom. The Labute approximate surface area is 137 Å². The fraction of sp³-hybridized carbons (Fsp3) is 0.211. The zero-order chi connectivity index (χ0) is 16.7. The first-order chi connectivity index (χ1) is 11.1. The number of ether oxygens (including phenoxy) is 1. The lowest BCUT2D eigenvalue weighted by molar-refractivity contribution is -0.114. The van der Waals surface area contributed by atoms with Crippen LogP contribution >= 0.6 is 0 Å². The molecule has 0 radical (unpaired) electrons. The Hall–Kier alpha value is -2.75. The molecule has 0 bridgehead atoms. The van der Waals surface area contributed by atoms with Gasteiger partial charge in [0.2, 0.25) is 5.91 Å². The number of rotatable bonds is 7. The minimum Gasteiger partial charge on any atom is -0.490 e. The predicted octanol–water partition coefficient (Wildman–Crippen LogP) is 3.92. The summed E-state index contributed by atoms with van der Waals surface area (Å²) >= 11 is 0. The maximum absolute atomic E-state index is 12.0. The van der Waals surface area contributed by atoms with Gasteiger partial charge in [-0.3, -0.25) is 4.79 Å². The fourth-order valence-electron chi connectivity index (χ4n) is 2.10. The highest BCUT2D eigenvalue weighted by atomic mass is 16.5. The van der Waals surface area contributed by atoms with Crippen molar-refractivity contribution < 1.29 is 9.53 Å². The summed E-state index contributed by atoms with van der Waals surface area (Å²) in [6.45, 7) is 8.33. The van der Waals surface area contributed by atoms with E-state index in [9.17, 15) is 4.79 Å². The van der Waals surface area contributed by atoms with Crippen molar-refractivity contribution >= 4 is 17.3 Å². The largest absolute Gasteiger partial charge is 0.490 e. The highest BCUT2D eigenvalue weighted by Crippen LogP contribution is 2.17. The van der Waals surface area contributed by atoms with Gasteiger partial charge in [0.15, 0.2) is 0 Å². The quantitative estimate of drug-likeness (QED) is 0.762. The molecule has 0 fully saturated rings. The first kappa shape index (κ1) is 16.6. The van der Waals surface area contributed by atoms with Crippen LogP contribution in [0, 0.1) is 13.8 Å². The molecule has 0 atom stereocenters. The smallest absolute Gasteiger partial charge is 0.243 e. The van der Waals surface area contributed by atoms with E-state index in [1.807, 2.05) is 50.2 Å². The molecular formula is C19H22N2O2. The van der Waals surface area contributed by atoms with E-state index in [-0.39, 0.29) is 12.5 Å². The van der Waals surface area contributed by atoms with Crippen LogP contribution in [0.25, 0.3) is 0 Å². The van der Waals surface area contributed by atoms with Gasteiger partial charge in [0, 0.05) is 11.4 Å². The van der Waals surface area contributed by atoms with Crippen LogP contribution in [-0.2, 0) is 4.79 Å². The van der Waals surface area contributed by atoms with Crippen molar-refractivity contribution in [1.29, 1.82) is 0 Å². The van der Waals surface area contributed by atoms with E-state index in [1.54, 1.807) is 6.08 Å². The molecule has 0 aliphatic rings. The average Bonchev–Trinajstić information content (AvgIpc) is 2.55. The van der Waals surface area contributed by atoms with Crippen molar-refractivity contribution in [3.63, 3.8) is 0 Å². The molecule has 4 heteroatoms. The molecule has 2 N–H and O–H groups in total. The second-order valence-electron chi connectivity index (χ2n) is 5.34. The second kappa shape index (κ2) is 8.03. The van der Waals surface area contributed by atoms with Gasteiger partial charge >= 0.3 is 0 Å². The monoisotopic (exact) mass is 310 g/mol. The molecule has 0 spiro atoms. The molecule has 0 saturated heterocycles. The van der Waals surface area contributed by atoms with Crippen LogP contribution in [0.2, 0.25) is 0 Å². The van der Waals surface area contributed by atoms with Crippen molar-refractivity contribution in [2.45, 2.75) is 13.8 Å². The van der Waals surface area contributed by atoms with Gasteiger partial charge in [0.05, 0.1) is 6.54 Å². The van der Waals surface area contributed by atoms with Crippen molar-refractivity contribution in [2.24, 2.45) is 0 Å². The Morgan fingerprint density at radius 1 is 1.17 bits per heavy atom. The molecule has 0 saturated carbocycles. The number of hydrogen-bond donors (Lipinski definition) is 2. The lowest BCUT2D eigenvalue weighted by atomic mass is 10.1. The third-order valence-electron chi connectivity index (χ3n) is 3.34. The van der Waals surface area contributed by atoms with E-state index in [1.165, 1.54) is 0 Å². The summed E-state index contributed by atoms with van der Waals surface area (Å²) in [5, 5.41) is 6.02. The lowest BCUT2D eigenvalue weighted by Crippen LogP contribution is -2.22. The molecule has 120 valence electrons. The lowest BCUT2D eigenvalue weighted by Gasteiger charge is -2.11. The summed E-state index contributed by atoms with van der Waals surface area (Å²) in [5.41, 5.74) is 4.00. The van der Waals surface area contributed by atoms with Crippen molar-refractivity contribution in [3.8, 4) is 5.75 Å². The van der Waals surface area contributed by atoms with Crippen LogP contribution in [0.4, 0.5) is 11.4 Å². The molecule has 2 rings (SSSR count). The molecule has 0 heterocycles. The number of nitrogens with one attached hydrogen (secondary N) is 2. The van der Waals surface area contributed by atoms with Gasteiger partial charge in [-0.1, -0.05) is 24.8 Å². The van der Waals surface area contributed by atoms with Crippen LogP contribution in [-0.4, -0.2) is 19.1 Å². The first-order valence-corrected chi connectivity index (χ1v) is 7.53. The van der Waals surface area contributed by atoms with E-state index >= 15 is 0 Å². The highest BCUT2D eigenvalue weighted by Gasteiger charge is 2.04. The average molecular weight is 310 g/mol. The molecule has 0 unspecified atom stereocenters. The number of hydrogen-bond acceptors (Lipinski definition) is 3. The van der Waals surface area contributed by atoms with E-state index in [0.717, 1.165) is 28.3 Å². The topological polar surface area (TPSA) is 50.4 Å². The van der Waals surface area contributed by atoms with Gasteiger partial charge in [-0.15, -0.1) is 0 Å². The molecule has 0 aliphatic heterocycles. The number of aryl methyl sites for hydroxylation is 2. The number of amides is 1. The van der Waals surface area contributed by atoms with Gasteiger partial charge < -0.3 is 15.4 Å². The highest BCUT2D eigenvalue weighted by molar-refractivity contribution is 5.93. The van der Waals surface area contributed by atoms with Crippen molar-refractivity contribution in [2.75, 3.05) is 23.8 Å². The summed E-state index contributed by atoms with van der Waals surface area (Å²) in [4.78, 5) is 12.0. The molecule has 0 aromatic heterocycles. The van der Waals surface area contributed by atoms with E-state index in [2.05, 4.69) is 23.3 Å². The van der Waals surface area contributed by atoms with E-state index in [4.69, 9.17) is 4.74 Å². The van der Waals surface area contributed by atoms with Gasteiger partial charge in [-0.25, -0.2) is 0 Å². The third-order valence-corrected chi connectivity index (χ3v) is 3.34. The standard InChI is InChI=1S/C19H22N2O2/c1-4-11-23-17-9-7-16(8-10-17)21-19(22)13-20-18-12-14(2)5-6-15(18)3/h4-10,12,20H,1,11,13H2,2-3H3,(H,21,22). The molecule has 23 heavy (non-hydrogen) atoms. The summed E-state index contributed by atoms with van der Waals surface area (Å²) in [6.07, 6.45) is 1.69. The Bertz CT molecular complexity index is 678. The van der Waals surface area contributed by atoms with Crippen LogP contribution in [0.15, 0.2) is 55.1 Å². The Kier molecular flexibility index (Phi) is 5.80. The minimum absolute atomic E-state index is 0.0920. The minimum atomic E-state index is -0.0920.